The molecule has 3 rings (SSSR count). The van der Waals surface area contributed by atoms with Gasteiger partial charge in [-0.05, 0) is 63.9 Å². The molecular weight excluding hydrogens is 350 g/mol. The van der Waals surface area contributed by atoms with Gasteiger partial charge in [0.15, 0.2) is 0 Å². The maximum absolute atomic E-state index is 13.0. The van der Waals surface area contributed by atoms with Crippen LogP contribution in [0.2, 0.25) is 0 Å². The van der Waals surface area contributed by atoms with E-state index in [0.29, 0.717) is 24.5 Å². The molecule has 0 saturated carbocycles. The van der Waals surface area contributed by atoms with Crippen molar-refractivity contribution >= 4 is 10.0 Å². The molecular formula is C19H27N3O3S. The van der Waals surface area contributed by atoms with Gasteiger partial charge in [0.25, 0.3) is 0 Å². The van der Waals surface area contributed by atoms with Crippen LogP contribution in [0.1, 0.15) is 34.6 Å². The Bertz CT molecular complexity index is 870. The maximum atomic E-state index is 13.0. The molecule has 0 unspecified atom stereocenters. The molecule has 1 aliphatic heterocycles. The van der Waals surface area contributed by atoms with Crippen molar-refractivity contribution in [2.45, 2.75) is 45.6 Å². The van der Waals surface area contributed by atoms with Crippen molar-refractivity contribution in [1.82, 2.24) is 14.4 Å². The van der Waals surface area contributed by atoms with Crippen molar-refractivity contribution in [2.75, 3.05) is 26.2 Å². The molecule has 0 amide bonds. The maximum Gasteiger partial charge on any atom is 0.243 e. The van der Waals surface area contributed by atoms with Crippen LogP contribution in [0.3, 0.4) is 0 Å². The molecule has 142 valence electrons. The first-order valence-electron chi connectivity index (χ1n) is 9.00. The van der Waals surface area contributed by atoms with Crippen molar-refractivity contribution in [3.63, 3.8) is 0 Å². The van der Waals surface area contributed by atoms with Gasteiger partial charge in [0.2, 0.25) is 10.0 Å². The second kappa shape index (κ2) is 7.50. The van der Waals surface area contributed by atoms with Crippen molar-refractivity contribution in [3.05, 3.63) is 46.3 Å². The van der Waals surface area contributed by atoms with Gasteiger partial charge in [-0.1, -0.05) is 11.2 Å². The standard InChI is InChI=1S/C19H27N3O3S/c1-14-6-7-18(12-15(14)2)26(23,24)22-9-5-8-21(10-11-22)13-19-16(3)20-25-17(19)4/h6-7,12H,5,8-11,13H2,1-4H3. The Labute approximate surface area is 155 Å². The van der Waals surface area contributed by atoms with Gasteiger partial charge in [-0.2, -0.15) is 4.31 Å². The highest BCUT2D eigenvalue weighted by Crippen LogP contribution is 2.22. The Kier molecular flexibility index (Phi) is 5.50. The van der Waals surface area contributed by atoms with Crippen LogP contribution >= 0.6 is 0 Å². The fourth-order valence-corrected chi connectivity index (χ4v) is 4.88. The Hall–Kier alpha value is -1.70. The summed E-state index contributed by atoms with van der Waals surface area (Å²) in [5.41, 5.74) is 4.12. The van der Waals surface area contributed by atoms with E-state index in [4.69, 9.17) is 4.52 Å². The second-order valence-corrected chi connectivity index (χ2v) is 9.02. The normalized spacial score (nSPS) is 17.4. The van der Waals surface area contributed by atoms with Crippen molar-refractivity contribution in [1.29, 1.82) is 0 Å². The molecule has 2 aromatic rings. The Morgan fingerprint density at radius 1 is 1.04 bits per heavy atom. The summed E-state index contributed by atoms with van der Waals surface area (Å²) in [5.74, 6) is 0.839. The van der Waals surface area contributed by atoms with Crippen LogP contribution in [0.5, 0.6) is 0 Å². The molecule has 1 aromatic heterocycles. The van der Waals surface area contributed by atoms with Gasteiger partial charge >= 0.3 is 0 Å². The van der Waals surface area contributed by atoms with Gasteiger partial charge < -0.3 is 4.52 Å². The third-order valence-corrected chi connectivity index (χ3v) is 7.12. The van der Waals surface area contributed by atoms with Gasteiger partial charge in [0, 0.05) is 31.7 Å². The molecule has 6 nitrogen and oxygen atoms in total. The third kappa shape index (κ3) is 3.84. The molecule has 2 heterocycles. The number of sulfonamides is 1. The Morgan fingerprint density at radius 3 is 2.46 bits per heavy atom. The quantitative estimate of drug-likeness (QED) is 0.820. The van der Waals surface area contributed by atoms with E-state index in [2.05, 4.69) is 10.1 Å². The number of rotatable bonds is 4. The zero-order valence-electron chi connectivity index (χ0n) is 15.9. The molecule has 1 aromatic carbocycles. The summed E-state index contributed by atoms with van der Waals surface area (Å²) < 4.78 is 32.9. The lowest BCUT2D eigenvalue weighted by atomic mass is 10.1. The highest BCUT2D eigenvalue weighted by Gasteiger charge is 2.27. The van der Waals surface area contributed by atoms with Gasteiger partial charge in [-0.25, -0.2) is 8.42 Å². The average Bonchev–Trinajstić information content (AvgIpc) is 2.79. The van der Waals surface area contributed by atoms with E-state index in [1.165, 1.54) is 0 Å². The third-order valence-electron chi connectivity index (χ3n) is 5.23. The van der Waals surface area contributed by atoms with E-state index < -0.39 is 10.0 Å². The Morgan fingerprint density at radius 2 is 1.81 bits per heavy atom. The zero-order valence-corrected chi connectivity index (χ0v) is 16.8. The van der Waals surface area contributed by atoms with E-state index in [0.717, 1.165) is 47.7 Å². The molecule has 0 spiro atoms. The van der Waals surface area contributed by atoms with Crippen molar-refractivity contribution < 1.29 is 12.9 Å². The first-order chi connectivity index (χ1) is 12.3. The van der Waals surface area contributed by atoms with Crippen LogP contribution in [0.4, 0.5) is 0 Å². The van der Waals surface area contributed by atoms with Gasteiger partial charge in [-0.15, -0.1) is 0 Å². The van der Waals surface area contributed by atoms with Gasteiger partial charge in [-0.3, -0.25) is 4.90 Å². The largest absolute Gasteiger partial charge is 0.361 e. The minimum atomic E-state index is -3.45. The molecule has 0 aliphatic carbocycles. The molecule has 26 heavy (non-hydrogen) atoms. The highest BCUT2D eigenvalue weighted by atomic mass is 32.2. The van der Waals surface area contributed by atoms with E-state index in [1.54, 1.807) is 16.4 Å². The monoisotopic (exact) mass is 377 g/mol. The molecule has 0 atom stereocenters. The molecule has 1 fully saturated rings. The van der Waals surface area contributed by atoms with Gasteiger partial charge in [0.05, 0.1) is 10.6 Å². The van der Waals surface area contributed by atoms with Crippen LogP contribution in [0.25, 0.3) is 0 Å². The van der Waals surface area contributed by atoms with E-state index in [1.807, 2.05) is 33.8 Å². The fraction of sp³-hybridized carbons (Fsp3) is 0.526. The first kappa shape index (κ1) is 19.1. The van der Waals surface area contributed by atoms with Crippen LogP contribution in [0, 0.1) is 27.7 Å². The lowest BCUT2D eigenvalue weighted by Gasteiger charge is -2.22. The predicted molar refractivity (Wildman–Crippen MR) is 101 cm³/mol. The average molecular weight is 378 g/mol. The molecule has 0 N–H and O–H groups in total. The van der Waals surface area contributed by atoms with Crippen molar-refractivity contribution in [2.24, 2.45) is 0 Å². The SMILES string of the molecule is Cc1ccc(S(=O)(=O)N2CCCN(Cc3c(C)noc3C)CC2)cc1C. The number of benzene rings is 1. The number of nitrogens with zero attached hydrogens (tertiary/aromatic N) is 3. The summed E-state index contributed by atoms with van der Waals surface area (Å²) in [5, 5.41) is 4.01. The first-order valence-corrected chi connectivity index (χ1v) is 10.4. The summed E-state index contributed by atoms with van der Waals surface area (Å²) in [4.78, 5) is 2.67. The van der Waals surface area contributed by atoms with Crippen LogP contribution in [-0.4, -0.2) is 49.0 Å². The number of aromatic nitrogens is 1. The summed E-state index contributed by atoms with van der Waals surface area (Å²) in [6.45, 7) is 11.2. The Balaban J connectivity index is 1.72. The molecule has 1 aliphatic rings. The van der Waals surface area contributed by atoms with Crippen LogP contribution < -0.4 is 0 Å². The number of hydrogen-bond acceptors (Lipinski definition) is 5. The highest BCUT2D eigenvalue weighted by molar-refractivity contribution is 7.89. The van der Waals surface area contributed by atoms with Crippen LogP contribution in [0.15, 0.2) is 27.6 Å². The lowest BCUT2D eigenvalue weighted by molar-refractivity contribution is 0.276. The molecule has 7 heteroatoms. The summed E-state index contributed by atoms with van der Waals surface area (Å²) in [6, 6.07) is 5.37. The number of hydrogen-bond donors (Lipinski definition) is 0. The predicted octanol–water partition coefficient (Wildman–Crippen LogP) is 2.80. The topological polar surface area (TPSA) is 66.7 Å². The smallest absolute Gasteiger partial charge is 0.243 e. The van der Waals surface area contributed by atoms with Crippen molar-refractivity contribution in [3.8, 4) is 0 Å². The minimum absolute atomic E-state index is 0.389. The van der Waals surface area contributed by atoms with Crippen LogP contribution in [-0.2, 0) is 16.6 Å². The fourth-order valence-electron chi connectivity index (χ4n) is 3.32. The second-order valence-electron chi connectivity index (χ2n) is 7.08. The lowest BCUT2D eigenvalue weighted by Crippen LogP contribution is -2.35. The number of aryl methyl sites for hydroxylation is 4. The molecule has 0 bridgehead atoms. The summed E-state index contributed by atoms with van der Waals surface area (Å²) in [6.07, 6.45) is 0.813. The zero-order chi connectivity index (χ0) is 18.9. The van der Waals surface area contributed by atoms with Gasteiger partial charge in [0.1, 0.15) is 5.76 Å². The van der Waals surface area contributed by atoms with E-state index >= 15 is 0 Å². The molecule has 0 radical (unpaired) electrons. The summed E-state index contributed by atoms with van der Waals surface area (Å²) >= 11 is 0. The van der Waals surface area contributed by atoms with E-state index in [-0.39, 0.29) is 0 Å². The van der Waals surface area contributed by atoms with E-state index in [9.17, 15) is 8.42 Å². The molecule has 1 saturated heterocycles. The summed E-state index contributed by atoms with van der Waals surface area (Å²) in [7, 11) is -3.45. The minimum Gasteiger partial charge on any atom is -0.361 e.